The summed E-state index contributed by atoms with van der Waals surface area (Å²) >= 11 is 0. The lowest BCUT2D eigenvalue weighted by atomic mass is 9.88. The fourth-order valence-corrected chi connectivity index (χ4v) is 4.39. The molecule has 4 rings (SSSR count). The van der Waals surface area contributed by atoms with Crippen LogP contribution in [0.15, 0.2) is 72.8 Å². The third-order valence-electron chi connectivity index (χ3n) is 6.40. The molecule has 1 aliphatic rings. The van der Waals surface area contributed by atoms with Crippen LogP contribution in [0.25, 0.3) is 0 Å². The summed E-state index contributed by atoms with van der Waals surface area (Å²) in [6, 6.07) is 24.0. The van der Waals surface area contributed by atoms with Crippen LogP contribution >= 0.6 is 0 Å². The lowest BCUT2D eigenvalue weighted by Gasteiger charge is -2.27. The van der Waals surface area contributed by atoms with E-state index in [1.807, 2.05) is 67.6 Å². The minimum atomic E-state index is -0.969. The summed E-state index contributed by atoms with van der Waals surface area (Å²) in [7, 11) is 0. The minimum absolute atomic E-state index is 0.0237. The number of fused-ring (bicyclic) bond motifs is 1. The first-order valence-electron chi connectivity index (χ1n) is 11.2. The van der Waals surface area contributed by atoms with Gasteiger partial charge in [-0.05, 0) is 43.5 Å². The number of para-hydroxylation sites is 1. The Hall–Kier alpha value is -3.44. The third-order valence-corrected chi connectivity index (χ3v) is 6.40. The monoisotopic (exact) mass is 443 g/mol. The van der Waals surface area contributed by atoms with Gasteiger partial charge in [-0.1, -0.05) is 72.3 Å². The zero-order valence-corrected chi connectivity index (χ0v) is 19.2. The first-order valence-corrected chi connectivity index (χ1v) is 11.2. The van der Waals surface area contributed by atoms with Crippen LogP contribution < -0.4 is 4.90 Å². The van der Waals surface area contributed by atoms with E-state index < -0.39 is 12.1 Å². The zero-order valence-electron chi connectivity index (χ0n) is 19.2. The largest absolute Gasteiger partial charge is 0.479 e. The number of carbonyl (C=O) groups is 2. The van der Waals surface area contributed by atoms with Gasteiger partial charge in [-0.15, -0.1) is 0 Å². The number of hydrogen-bond acceptors (Lipinski definition) is 4. The molecule has 5 nitrogen and oxygen atoms in total. The topological polar surface area (TPSA) is 66.8 Å². The molecular weight excluding hydrogens is 414 g/mol. The molecule has 0 radical (unpaired) electrons. The molecular formula is C28H29NO4. The van der Waals surface area contributed by atoms with Crippen LogP contribution in [0.5, 0.6) is 0 Å². The molecule has 0 saturated carbocycles. The maximum Gasteiger partial charge on any atom is 0.332 e. The van der Waals surface area contributed by atoms with E-state index in [4.69, 9.17) is 9.84 Å². The number of rotatable bonds is 8. The number of carbonyl (C=O) groups excluding carboxylic acids is 1. The first-order chi connectivity index (χ1) is 15.8. The molecule has 0 fully saturated rings. The smallest absolute Gasteiger partial charge is 0.332 e. The Morgan fingerprint density at radius 1 is 0.970 bits per heavy atom. The van der Waals surface area contributed by atoms with Crippen molar-refractivity contribution in [2.45, 2.75) is 52.0 Å². The van der Waals surface area contributed by atoms with Crippen LogP contribution in [0.3, 0.4) is 0 Å². The molecule has 3 aromatic carbocycles. The number of Topliss-reactive ketones (excluding diaryl/α,β-unsaturated/α-hetero) is 1. The van der Waals surface area contributed by atoms with Crippen molar-refractivity contribution in [2.24, 2.45) is 0 Å². The van der Waals surface area contributed by atoms with Gasteiger partial charge in [0.2, 0.25) is 0 Å². The highest BCUT2D eigenvalue weighted by Gasteiger charge is 2.39. The van der Waals surface area contributed by atoms with Gasteiger partial charge in [0.15, 0.2) is 11.9 Å². The van der Waals surface area contributed by atoms with Crippen molar-refractivity contribution in [1.29, 1.82) is 0 Å². The maximum absolute atomic E-state index is 13.5. The minimum Gasteiger partial charge on any atom is -0.479 e. The zero-order chi connectivity index (χ0) is 23.5. The summed E-state index contributed by atoms with van der Waals surface area (Å²) in [5.74, 6) is -1.03. The molecule has 5 heteroatoms. The molecule has 1 aliphatic heterocycles. The Balaban J connectivity index is 1.52. The Labute approximate surface area is 194 Å². The lowest BCUT2D eigenvalue weighted by molar-refractivity contribution is -0.149. The Bertz CT molecular complexity index is 1140. The van der Waals surface area contributed by atoms with Crippen LogP contribution in [0.1, 0.15) is 52.4 Å². The van der Waals surface area contributed by atoms with Gasteiger partial charge in [-0.2, -0.15) is 0 Å². The molecule has 3 aromatic rings. The predicted molar refractivity (Wildman–Crippen MR) is 129 cm³/mol. The SMILES string of the molecule is Cc1ccc(C(=O)C2c3ccccc3N(Cc3ccc(CO[C@H](C)C(=O)O)cc3)C2C)cc1. The number of benzene rings is 3. The van der Waals surface area contributed by atoms with Crippen molar-refractivity contribution < 1.29 is 19.4 Å². The molecule has 0 bridgehead atoms. The van der Waals surface area contributed by atoms with Gasteiger partial charge in [0.1, 0.15) is 0 Å². The highest BCUT2D eigenvalue weighted by molar-refractivity contribution is 6.03. The number of ketones is 1. The van der Waals surface area contributed by atoms with Gasteiger partial charge in [0.05, 0.1) is 12.5 Å². The molecule has 0 saturated heterocycles. The van der Waals surface area contributed by atoms with Crippen LogP contribution in [-0.4, -0.2) is 29.0 Å². The van der Waals surface area contributed by atoms with Gasteiger partial charge in [0.25, 0.3) is 0 Å². The van der Waals surface area contributed by atoms with Crippen molar-refractivity contribution in [2.75, 3.05) is 4.90 Å². The molecule has 1 heterocycles. The molecule has 0 aliphatic carbocycles. The predicted octanol–water partition coefficient (Wildman–Crippen LogP) is 5.36. The fraction of sp³-hybridized carbons (Fsp3) is 0.286. The molecule has 33 heavy (non-hydrogen) atoms. The van der Waals surface area contributed by atoms with E-state index in [-0.39, 0.29) is 24.3 Å². The van der Waals surface area contributed by atoms with Gasteiger partial charge in [0, 0.05) is 23.8 Å². The summed E-state index contributed by atoms with van der Waals surface area (Å²) < 4.78 is 5.37. The summed E-state index contributed by atoms with van der Waals surface area (Å²) in [5, 5.41) is 8.96. The summed E-state index contributed by atoms with van der Waals surface area (Å²) in [4.78, 5) is 26.7. The van der Waals surface area contributed by atoms with E-state index in [2.05, 4.69) is 24.0 Å². The number of nitrogens with zero attached hydrogens (tertiary/aromatic N) is 1. The first kappa shape index (κ1) is 22.7. The molecule has 3 atom stereocenters. The summed E-state index contributed by atoms with van der Waals surface area (Å²) in [5.41, 5.74) is 6.10. The number of carboxylic acids is 1. The number of hydrogen-bond donors (Lipinski definition) is 1. The van der Waals surface area contributed by atoms with Crippen molar-refractivity contribution in [3.63, 3.8) is 0 Å². The average Bonchev–Trinajstić information content (AvgIpc) is 3.09. The van der Waals surface area contributed by atoms with Crippen molar-refractivity contribution >= 4 is 17.4 Å². The second-order valence-electron chi connectivity index (χ2n) is 8.74. The normalized spacial score (nSPS) is 18.1. The standard InChI is InChI=1S/C28H29NO4/c1-18-8-14-23(15-9-18)27(30)26-19(2)29(25-7-5-4-6-24(25)26)16-21-10-12-22(13-11-21)17-33-20(3)28(31)32/h4-15,19-20,26H,16-17H2,1-3H3,(H,31,32)/t19?,20-,26?/m1/s1. The van der Waals surface area contributed by atoms with E-state index in [0.29, 0.717) is 6.54 Å². The van der Waals surface area contributed by atoms with Crippen molar-refractivity contribution in [3.8, 4) is 0 Å². The summed E-state index contributed by atoms with van der Waals surface area (Å²) in [6.45, 7) is 6.60. The van der Waals surface area contributed by atoms with E-state index in [0.717, 1.165) is 33.5 Å². The van der Waals surface area contributed by atoms with E-state index >= 15 is 0 Å². The molecule has 0 spiro atoms. The second-order valence-corrected chi connectivity index (χ2v) is 8.74. The van der Waals surface area contributed by atoms with Gasteiger partial charge in [-0.3, -0.25) is 4.79 Å². The Morgan fingerprint density at radius 2 is 1.61 bits per heavy atom. The lowest BCUT2D eigenvalue weighted by Crippen LogP contribution is -2.33. The van der Waals surface area contributed by atoms with Crippen LogP contribution in [0.2, 0.25) is 0 Å². The number of aliphatic carboxylic acids is 1. The van der Waals surface area contributed by atoms with Gasteiger partial charge < -0.3 is 14.7 Å². The average molecular weight is 444 g/mol. The van der Waals surface area contributed by atoms with E-state index in [1.54, 1.807) is 0 Å². The number of ether oxygens (including phenoxy) is 1. The highest BCUT2D eigenvalue weighted by Crippen LogP contribution is 2.43. The molecule has 2 unspecified atom stereocenters. The quantitative estimate of drug-likeness (QED) is 0.475. The third kappa shape index (κ3) is 4.83. The van der Waals surface area contributed by atoms with Gasteiger partial charge in [-0.25, -0.2) is 4.79 Å². The number of anilines is 1. The van der Waals surface area contributed by atoms with Crippen LogP contribution in [0.4, 0.5) is 5.69 Å². The fourth-order valence-electron chi connectivity index (χ4n) is 4.39. The van der Waals surface area contributed by atoms with Crippen molar-refractivity contribution in [3.05, 3.63) is 101 Å². The highest BCUT2D eigenvalue weighted by atomic mass is 16.5. The number of carboxylic acid groups (broad SMARTS) is 1. The van der Waals surface area contributed by atoms with Crippen LogP contribution in [0, 0.1) is 6.92 Å². The second kappa shape index (κ2) is 9.59. The summed E-state index contributed by atoms with van der Waals surface area (Å²) in [6.07, 6.45) is -0.838. The van der Waals surface area contributed by atoms with Crippen molar-refractivity contribution in [1.82, 2.24) is 0 Å². The number of aryl methyl sites for hydroxylation is 1. The van der Waals surface area contributed by atoms with E-state index in [1.165, 1.54) is 6.92 Å². The molecule has 170 valence electrons. The van der Waals surface area contributed by atoms with Crippen LogP contribution in [-0.2, 0) is 22.7 Å². The van der Waals surface area contributed by atoms with E-state index in [9.17, 15) is 9.59 Å². The Kier molecular flexibility index (Phi) is 6.61. The molecule has 0 amide bonds. The van der Waals surface area contributed by atoms with Gasteiger partial charge >= 0.3 is 5.97 Å². The molecule has 1 N–H and O–H groups in total. The molecule has 0 aromatic heterocycles. The maximum atomic E-state index is 13.5. The Morgan fingerprint density at radius 3 is 2.27 bits per heavy atom.